The molecule has 96 heavy (non-hydrogen) atoms. The predicted octanol–water partition coefficient (Wildman–Crippen LogP) is -12.1. The van der Waals surface area contributed by atoms with Crippen LogP contribution >= 0.6 is 0 Å². The molecule has 0 aliphatic carbocycles. The quantitative estimate of drug-likeness (QED) is 0.0346. The first-order valence-corrected chi connectivity index (χ1v) is 32.8. The zero-order valence-electron chi connectivity index (χ0n) is 50.5. The van der Waals surface area contributed by atoms with Crippen LogP contribution < -0.4 is 25.4 Å². The van der Waals surface area contributed by atoms with Gasteiger partial charge in [0.1, 0.15) is 158 Å². The highest BCUT2D eigenvalue weighted by Gasteiger charge is 2.59. The first kappa shape index (κ1) is 79.2. The molecule has 552 valence electrons. The normalized spacial score (nSPS) is 41.0. The number of aliphatic hydroxyl groups excluding tert-OH is 13. The zero-order chi connectivity index (χ0) is 71.2. The highest BCUT2D eigenvalue weighted by molar-refractivity contribution is 7.81. The lowest BCUT2D eigenvalue weighted by molar-refractivity contribution is -0.381. The summed E-state index contributed by atoms with van der Waals surface area (Å²) in [6.45, 7) is -4.59. The molecule has 6 saturated heterocycles. The van der Waals surface area contributed by atoms with E-state index in [0.29, 0.717) is 5.75 Å². The standard InChI is InChI=1S/C49H77N3O41S3/c1-15(56)50-26-41(30(60)20(9-53)83-44(26)82-19-7-5-18(78-4)6-8-19)92-48-37(67)34(64)39(24(87-48)13-80-95(72,73)74)90-46-28(52-17(3)58)43(32(62)22(11-55)85-46)93-49-38(68)35(65)40(25(88-49)14-81-96(75,76)77)89-45-27(51-16(2)57)42(31(61)21(10-54)84-45)91-47-36(66)33(63)29(59)23(86-47)12-79-94(69,70)71/h5-8,20-49,53-55,59-68H,9-14H2,1-4H3,(H,50,56)(H,51,57)(H,52,58)(H,69,70,71)(H,72,73,74)(H,75,76,77)/t20-,21-,22-,23-,24-,25-,26-,27-,28-,29-,30-,31-,32-,33+,34-,35-,36-,37-,38-,39-,40-,41-,42-,43-,44-,45+,46+,47+,48+,49+/m1/s1. The highest BCUT2D eigenvalue weighted by Crippen LogP contribution is 2.38. The minimum absolute atomic E-state index is 0.0828. The van der Waals surface area contributed by atoms with Crippen molar-refractivity contribution in [3.63, 3.8) is 0 Å². The molecule has 1 aromatic carbocycles. The average Bonchev–Trinajstić information content (AvgIpc) is 0.774. The number of rotatable bonds is 28. The van der Waals surface area contributed by atoms with Gasteiger partial charge in [-0.15, -0.1) is 0 Å². The number of ether oxygens (including phenoxy) is 13. The molecule has 0 aromatic heterocycles. The third-order valence-electron chi connectivity index (χ3n) is 15.5. The number of benzene rings is 1. The Labute approximate surface area is 544 Å². The van der Waals surface area contributed by atoms with Crippen LogP contribution in [0.1, 0.15) is 20.8 Å². The van der Waals surface area contributed by atoms with Gasteiger partial charge < -0.3 is 144 Å². The number of hydrogen-bond donors (Lipinski definition) is 19. The number of amides is 3. The van der Waals surface area contributed by atoms with Crippen molar-refractivity contribution in [2.24, 2.45) is 0 Å². The van der Waals surface area contributed by atoms with Crippen molar-refractivity contribution in [1.82, 2.24) is 16.0 Å². The van der Waals surface area contributed by atoms with E-state index in [9.17, 15) is 115 Å². The Morgan fingerprint density at radius 3 is 0.979 bits per heavy atom. The van der Waals surface area contributed by atoms with Gasteiger partial charge in [-0.2, -0.15) is 25.3 Å². The van der Waals surface area contributed by atoms with Crippen LogP contribution in [0.4, 0.5) is 0 Å². The largest absolute Gasteiger partial charge is 0.497 e. The van der Waals surface area contributed by atoms with Crippen LogP contribution in [0.5, 0.6) is 11.5 Å². The lowest BCUT2D eigenvalue weighted by atomic mass is 9.93. The molecular weight excluding hydrogens is 1380 g/mol. The summed E-state index contributed by atoms with van der Waals surface area (Å²) in [5.41, 5.74) is 0. The molecule has 44 nitrogen and oxygen atoms in total. The number of carbonyl (C=O) groups is 3. The maximum Gasteiger partial charge on any atom is 0.397 e. The second-order valence-electron chi connectivity index (χ2n) is 22.3. The highest BCUT2D eigenvalue weighted by atomic mass is 32.3. The van der Waals surface area contributed by atoms with Gasteiger partial charge in [-0.1, -0.05) is 0 Å². The molecule has 47 heteroatoms. The smallest absolute Gasteiger partial charge is 0.397 e. The Balaban J connectivity index is 1.17. The summed E-state index contributed by atoms with van der Waals surface area (Å²) in [7, 11) is -14.8. The topological polar surface area (TPSA) is 661 Å². The Morgan fingerprint density at radius 1 is 0.375 bits per heavy atom. The second kappa shape index (κ2) is 33.6. The molecule has 0 radical (unpaired) electrons. The molecular formula is C49H77N3O41S3. The van der Waals surface area contributed by atoms with Gasteiger partial charge in [-0.3, -0.25) is 28.0 Å². The second-order valence-corrected chi connectivity index (χ2v) is 25.6. The van der Waals surface area contributed by atoms with Crippen LogP contribution in [0.3, 0.4) is 0 Å². The van der Waals surface area contributed by atoms with Gasteiger partial charge in [0.25, 0.3) is 0 Å². The van der Waals surface area contributed by atoms with Crippen molar-refractivity contribution in [1.29, 1.82) is 0 Å². The minimum atomic E-state index is -5.52. The lowest BCUT2D eigenvalue weighted by Crippen LogP contribution is -2.71. The third kappa shape index (κ3) is 20.1. The summed E-state index contributed by atoms with van der Waals surface area (Å²) < 4.78 is 188. The first-order valence-electron chi connectivity index (χ1n) is 28.7. The van der Waals surface area contributed by atoms with E-state index in [1.54, 1.807) is 0 Å². The molecule has 0 bridgehead atoms. The van der Waals surface area contributed by atoms with E-state index < -0.39 is 273 Å². The average molecular weight is 1460 g/mol. The van der Waals surface area contributed by atoms with Crippen molar-refractivity contribution in [3.05, 3.63) is 24.3 Å². The maximum atomic E-state index is 13.1. The van der Waals surface area contributed by atoms with Crippen LogP contribution in [0, 0.1) is 0 Å². The molecule has 30 atom stereocenters. The van der Waals surface area contributed by atoms with Crippen molar-refractivity contribution in [2.45, 2.75) is 205 Å². The summed E-state index contributed by atoms with van der Waals surface area (Å²) in [6, 6.07) is 0.159. The SMILES string of the molecule is COc1ccc(O[C@@H]2O[C@H](CO)[C@@H](O)[C@H](O[C@@H]3O[C@H](COS(=O)(=O)O)[C@@H](O[C@@H]4O[C@H](CO)[C@@H](O)[C@H](O[C@@H]5O[C@H](COS(=O)(=O)O)[C@@H](O[C@@H]6O[C@H](CO)[C@@H](O)[C@H](O[C@@H]7O[C@H](COS(=O)(=O)O)[C@@H](O)[C@H](O)[C@H]7O)[C@H]6NC(C)=O)[C@H](O)[C@H]5O)[C@H]4NC(C)=O)[C@H](O)[C@H]3O)[C@H]2NC(C)=O)cc1. The number of carbonyl (C=O) groups excluding carboxylic acids is 3. The van der Waals surface area contributed by atoms with Gasteiger partial charge in [0.15, 0.2) is 31.5 Å². The van der Waals surface area contributed by atoms with E-state index in [4.69, 9.17) is 66.1 Å². The fourth-order valence-electron chi connectivity index (χ4n) is 11.0. The van der Waals surface area contributed by atoms with Gasteiger partial charge in [-0.25, -0.2) is 12.5 Å². The summed E-state index contributed by atoms with van der Waals surface area (Å²) in [4.78, 5) is 38.5. The molecule has 7 rings (SSSR count). The van der Waals surface area contributed by atoms with E-state index in [1.165, 1.54) is 31.4 Å². The summed E-state index contributed by atoms with van der Waals surface area (Å²) in [5.74, 6) is -2.36. The van der Waals surface area contributed by atoms with Crippen LogP contribution in [-0.4, -0.2) is 354 Å². The number of nitrogens with one attached hydrogen (secondary N) is 3. The molecule has 6 aliphatic heterocycles. The monoisotopic (exact) mass is 1460 g/mol. The van der Waals surface area contributed by atoms with Crippen LogP contribution in [0.25, 0.3) is 0 Å². The third-order valence-corrected chi connectivity index (χ3v) is 16.8. The predicted molar refractivity (Wildman–Crippen MR) is 297 cm³/mol. The minimum Gasteiger partial charge on any atom is -0.497 e. The number of aliphatic hydroxyl groups is 13. The van der Waals surface area contributed by atoms with Crippen molar-refractivity contribution < 1.29 is 194 Å². The van der Waals surface area contributed by atoms with Gasteiger partial charge in [0.2, 0.25) is 24.0 Å². The van der Waals surface area contributed by atoms with E-state index in [0.717, 1.165) is 20.8 Å². The van der Waals surface area contributed by atoms with E-state index in [1.807, 2.05) is 0 Å². The molecule has 1 aromatic rings. The van der Waals surface area contributed by atoms with Gasteiger partial charge in [0, 0.05) is 20.8 Å². The summed E-state index contributed by atoms with van der Waals surface area (Å²) in [6.07, 6.45) is -58.6. The summed E-state index contributed by atoms with van der Waals surface area (Å²) >= 11 is 0. The molecule has 6 aliphatic rings. The van der Waals surface area contributed by atoms with Crippen molar-refractivity contribution in [2.75, 3.05) is 46.8 Å². The van der Waals surface area contributed by atoms with E-state index in [-0.39, 0.29) is 5.75 Å². The lowest BCUT2D eigenvalue weighted by Gasteiger charge is -2.51. The molecule has 6 heterocycles. The fourth-order valence-corrected chi connectivity index (χ4v) is 11.9. The summed E-state index contributed by atoms with van der Waals surface area (Å²) in [5, 5.41) is 152. The first-order chi connectivity index (χ1) is 44.9. The van der Waals surface area contributed by atoms with Crippen LogP contribution in [0.2, 0.25) is 0 Å². The fraction of sp³-hybridized carbons (Fsp3) is 0.816. The number of methoxy groups -OCH3 is 1. The van der Waals surface area contributed by atoms with E-state index >= 15 is 0 Å². The molecule has 0 saturated carbocycles. The Bertz CT molecular complexity index is 3060. The van der Waals surface area contributed by atoms with Crippen molar-refractivity contribution >= 4 is 48.9 Å². The zero-order valence-corrected chi connectivity index (χ0v) is 52.9. The van der Waals surface area contributed by atoms with Gasteiger partial charge in [-0.05, 0) is 24.3 Å². The molecule has 0 unspecified atom stereocenters. The molecule has 3 amide bonds. The molecule has 6 fully saturated rings. The van der Waals surface area contributed by atoms with Gasteiger partial charge in [0.05, 0.1) is 46.8 Å². The Morgan fingerprint density at radius 2 is 0.656 bits per heavy atom. The van der Waals surface area contributed by atoms with Crippen LogP contribution in [0.15, 0.2) is 24.3 Å². The Hall–Kier alpha value is -4.12. The Kier molecular flexibility index (Phi) is 27.7. The van der Waals surface area contributed by atoms with Crippen LogP contribution in [-0.2, 0) is 110 Å². The molecule has 19 N–H and O–H groups in total. The van der Waals surface area contributed by atoms with E-state index in [2.05, 4.69) is 28.5 Å². The molecule has 0 spiro atoms. The van der Waals surface area contributed by atoms with Gasteiger partial charge >= 0.3 is 31.2 Å². The number of hydrogen-bond acceptors (Lipinski definition) is 38. The van der Waals surface area contributed by atoms with Crippen molar-refractivity contribution in [3.8, 4) is 11.5 Å². The maximum absolute atomic E-state index is 13.1.